The Morgan fingerprint density at radius 3 is 2.51 bits per heavy atom. The van der Waals surface area contributed by atoms with Crippen molar-refractivity contribution in [2.45, 2.75) is 45.0 Å². The lowest BCUT2D eigenvalue weighted by atomic mass is 10.0. The zero-order valence-electron chi connectivity index (χ0n) is 21.2. The second-order valence-electron chi connectivity index (χ2n) is 9.78. The molecule has 1 aromatic heterocycles. The van der Waals surface area contributed by atoms with E-state index in [-0.39, 0.29) is 29.7 Å². The predicted molar refractivity (Wildman–Crippen MR) is 137 cm³/mol. The number of rotatable bonds is 6. The van der Waals surface area contributed by atoms with Crippen LogP contribution in [-0.4, -0.2) is 33.9 Å². The summed E-state index contributed by atoms with van der Waals surface area (Å²) in [5, 5.41) is 2.33. The van der Waals surface area contributed by atoms with E-state index < -0.39 is 52.8 Å². The Balaban J connectivity index is 1.57. The fourth-order valence-electron chi connectivity index (χ4n) is 5.01. The highest BCUT2D eigenvalue weighted by Crippen LogP contribution is 2.37. The number of carbonyl (C=O) groups is 2. The third-order valence-corrected chi connectivity index (χ3v) is 7.25. The van der Waals surface area contributed by atoms with Gasteiger partial charge in [0.1, 0.15) is 29.6 Å². The van der Waals surface area contributed by atoms with Gasteiger partial charge in [0.15, 0.2) is 11.4 Å². The minimum Gasteiger partial charge on any atom is -0.483 e. The average molecular weight is 538 g/mol. The molecule has 3 aromatic rings. The second-order valence-corrected chi connectivity index (χ2v) is 9.78. The fourth-order valence-corrected chi connectivity index (χ4v) is 5.01. The Hall–Kier alpha value is -4.34. The largest absolute Gasteiger partial charge is 0.483 e. The highest BCUT2D eigenvalue weighted by atomic mass is 19.1. The summed E-state index contributed by atoms with van der Waals surface area (Å²) in [7, 11) is 0. The van der Waals surface area contributed by atoms with E-state index in [0.717, 1.165) is 11.1 Å². The van der Waals surface area contributed by atoms with Gasteiger partial charge < -0.3 is 19.5 Å². The van der Waals surface area contributed by atoms with Gasteiger partial charge in [-0.05, 0) is 25.3 Å². The first kappa shape index (κ1) is 26.3. The van der Waals surface area contributed by atoms with Gasteiger partial charge in [0.2, 0.25) is 5.43 Å². The van der Waals surface area contributed by atoms with Gasteiger partial charge in [0.25, 0.3) is 11.8 Å². The summed E-state index contributed by atoms with van der Waals surface area (Å²) in [6, 6.07) is 9.53. The first-order valence-electron chi connectivity index (χ1n) is 12.5. The van der Waals surface area contributed by atoms with Crippen molar-refractivity contribution in [1.29, 1.82) is 0 Å². The van der Waals surface area contributed by atoms with E-state index in [9.17, 15) is 27.6 Å². The SMILES string of the molecule is C=C1CC[C@H](C)N2CC1n1cc(C(=O)NCc3c(F)cc(F)cc3F)c(=O)c(OCc3ccccc3)c1C2=O. The maximum Gasteiger partial charge on any atom is 0.274 e. The van der Waals surface area contributed by atoms with Crippen LogP contribution in [0, 0.1) is 17.5 Å². The number of nitrogens with one attached hydrogen (secondary N) is 1. The van der Waals surface area contributed by atoms with Gasteiger partial charge in [-0.1, -0.05) is 42.5 Å². The molecule has 2 aliphatic rings. The van der Waals surface area contributed by atoms with E-state index in [1.54, 1.807) is 33.7 Å². The zero-order chi connectivity index (χ0) is 27.8. The molecule has 0 aliphatic carbocycles. The maximum atomic E-state index is 14.1. The van der Waals surface area contributed by atoms with Gasteiger partial charge in [0, 0.05) is 43.0 Å². The van der Waals surface area contributed by atoms with Crippen molar-refractivity contribution >= 4 is 11.8 Å². The number of hydrogen-bond donors (Lipinski definition) is 1. The number of ether oxygens (including phenoxy) is 1. The van der Waals surface area contributed by atoms with E-state index in [2.05, 4.69) is 11.9 Å². The molecule has 10 heteroatoms. The maximum absolute atomic E-state index is 14.1. The molecule has 2 bridgehead atoms. The van der Waals surface area contributed by atoms with Crippen molar-refractivity contribution in [2.75, 3.05) is 6.54 Å². The molecule has 1 unspecified atom stereocenters. The Bertz CT molecular complexity index is 1510. The molecule has 0 radical (unpaired) electrons. The molecule has 0 saturated carbocycles. The molecule has 7 nitrogen and oxygen atoms in total. The Kier molecular flexibility index (Phi) is 7.03. The number of halogens is 3. The molecular formula is C29H26F3N3O4. The van der Waals surface area contributed by atoms with Crippen LogP contribution in [0.4, 0.5) is 13.2 Å². The van der Waals surface area contributed by atoms with Crippen LogP contribution in [0.1, 0.15) is 57.8 Å². The Morgan fingerprint density at radius 2 is 1.82 bits per heavy atom. The lowest BCUT2D eigenvalue weighted by Crippen LogP contribution is -2.48. The summed E-state index contributed by atoms with van der Waals surface area (Å²) in [4.78, 5) is 42.1. The van der Waals surface area contributed by atoms with Gasteiger partial charge in [-0.3, -0.25) is 14.4 Å². The first-order valence-corrected chi connectivity index (χ1v) is 12.5. The smallest absolute Gasteiger partial charge is 0.274 e. The number of amides is 2. The van der Waals surface area contributed by atoms with Crippen LogP contribution < -0.4 is 15.5 Å². The number of nitrogens with zero attached hydrogens (tertiary/aromatic N) is 2. The van der Waals surface area contributed by atoms with Crippen molar-refractivity contribution in [1.82, 2.24) is 14.8 Å². The minimum absolute atomic E-state index is 0.0225. The zero-order valence-corrected chi connectivity index (χ0v) is 21.2. The Morgan fingerprint density at radius 1 is 1.13 bits per heavy atom. The first-order chi connectivity index (χ1) is 18.7. The van der Waals surface area contributed by atoms with Crippen LogP contribution in [0.2, 0.25) is 0 Å². The molecule has 1 N–H and O–H groups in total. The van der Waals surface area contributed by atoms with Gasteiger partial charge >= 0.3 is 0 Å². The molecule has 0 spiro atoms. The molecule has 3 heterocycles. The third-order valence-electron chi connectivity index (χ3n) is 7.25. The molecule has 1 saturated heterocycles. The predicted octanol–water partition coefficient (Wildman–Crippen LogP) is 4.51. The normalized spacial score (nSPS) is 18.4. The molecule has 1 fully saturated rings. The summed E-state index contributed by atoms with van der Waals surface area (Å²) >= 11 is 0. The van der Waals surface area contributed by atoms with Crippen molar-refractivity contribution in [2.24, 2.45) is 0 Å². The number of benzene rings is 2. The van der Waals surface area contributed by atoms with Gasteiger partial charge in [-0.15, -0.1) is 0 Å². The topological polar surface area (TPSA) is 80.6 Å². The van der Waals surface area contributed by atoms with Gasteiger partial charge in [-0.2, -0.15) is 0 Å². The van der Waals surface area contributed by atoms with Gasteiger partial charge in [-0.25, -0.2) is 13.2 Å². The summed E-state index contributed by atoms with van der Waals surface area (Å²) in [6.45, 7) is 5.78. The van der Waals surface area contributed by atoms with E-state index >= 15 is 0 Å². The molecule has 2 aromatic carbocycles. The monoisotopic (exact) mass is 537 g/mol. The quantitative estimate of drug-likeness (QED) is 0.470. The van der Waals surface area contributed by atoms with Gasteiger partial charge in [0.05, 0.1) is 6.04 Å². The Labute approximate surface area is 222 Å². The summed E-state index contributed by atoms with van der Waals surface area (Å²) in [5.41, 5.74) is -0.157. The van der Waals surface area contributed by atoms with Crippen LogP contribution in [0.15, 0.2) is 65.6 Å². The molecule has 2 atom stereocenters. The van der Waals surface area contributed by atoms with Crippen LogP contribution >= 0.6 is 0 Å². The van der Waals surface area contributed by atoms with Crippen LogP contribution in [0.3, 0.4) is 0 Å². The van der Waals surface area contributed by atoms with Crippen LogP contribution in [0.25, 0.3) is 0 Å². The molecule has 39 heavy (non-hydrogen) atoms. The van der Waals surface area contributed by atoms with E-state index in [4.69, 9.17) is 4.74 Å². The summed E-state index contributed by atoms with van der Waals surface area (Å²) in [6.07, 6.45) is 2.62. The van der Waals surface area contributed by atoms with E-state index in [1.165, 1.54) is 6.20 Å². The van der Waals surface area contributed by atoms with Crippen LogP contribution in [0.5, 0.6) is 5.75 Å². The van der Waals surface area contributed by atoms with E-state index in [0.29, 0.717) is 31.5 Å². The molecular weight excluding hydrogens is 511 g/mol. The van der Waals surface area contributed by atoms with Crippen molar-refractivity contribution in [3.8, 4) is 5.75 Å². The summed E-state index contributed by atoms with van der Waals surface area (Å²) < 4.78 is 49.0. The molecule has 5 rings (SSSR count). The minimum atomic E-state index is -1.17. The number of pyridine rings is 1. The lowest BCUT2D eigenvalue weighted by Gasteiger charge is -2.37. The molecule has 2 aliphatic heterocycles. The number of carbonyl (C=O) groups excluding carboxylic acids is 2. The number of fused-ring (bicyclic) bond motifs is 4. The standard InChI is InChI=1S/C29H26F3N3O4/c1-16-8-9-17(2)34-14-24(16)35-13-21(28(37)33-12-20-22(31)10-19(30)11-23(20)32)26(36)27(25(35)29(34)38)39-15-18-6-4-3-5-7-18/h3-7,10-11,13,17,24H,1,8-9,12,14-15H2,2H3,(H,33,37)/t17-,24?/m0/s1. The van der Waals surface area contributed by atoms with Crippen molar-refractivity contribution < 1.29 is 27.5 Å². The number of aromatic nitrogens is 1. The average Bonchev–Trinajstić information content (AvgIpc) is 3.03. The molecule has 202 valence electrons. The molecule has 2 amide bonds. The lowest BCUT2D eigenvalue weighted by molar-refractivity contribution is 0.0611. The second kappa shape index (κ2) is 10.4. The summed E-state index contributed by atoms with van der Waals surface area (Å²) in [5.74, 6) is -5.04. The van der Waals surface area contributed by atoms with E-state index in [1.807, 2.05) is 13.0 Å². The third kappa shape index (κ3) is 4.94. The fraction of sp³-hybridized carbons (Fsp3) is 0.276. The van der Waals surface area contributed by atoms with Crippen molar-refractivity contribution in [3.63, 3.8) is 0 Å². The van der Waals surface area contributed by atoms with Crippen molar-refractivity contribution in [3.05, 3.63) is 111 Å². The number of hydrogen-bond acceptors (Lipinski definition) is 4. The highest BCUT2D eigenvalue weighted by Gasteiger charge is 2.40. The van der Waals surface area contributed by atoms with Crippen LogP contribution in [-0.2, 0) is 13.2 Å². The highest BCUT2D eigenvalue weighted by molar-refractivity contribution is 5.99.